The highest BCUT2D eigenvalue weighted by atomic mass is 32.2. The van der Waals surface area contributed by atoms with Crippen LogP contribution in [-0.4, -0.2) is 67.3 Å². The summed E-state index contributed by atoms with van der Waals surface area (Å²) in [5.74, 6) is -0.391. The predicted molar refractivity (Wildman–Crippen MR) is 120 cm³/mol. The Bertz CT molecular complexity index is 1060. The summed E-state index contributed by atoms with van der Waals surface area (Å²) in [4.78, 5) is 30.9. The van der Waals surface area contributed by atoms with E-state index in [1.165, 1.54) is 10.5 Å². The highest BCUT2D eigenvalue weighted by Crippen LogP contribution is 2.22. The van der Waals surface area contributed by atoms with E-state index in [2.05, 4.69) is 18.8 Å². The number of sulfonamides is 1. The number of esters is 1. The summed E-state index contributed by atoms with van der Waals surface area (Å²) in [7, 11) is -3.63. The van der Waals surface area contributed by atoms with Crippen LogP contribution in [0.25, 0.3) is 0 Å². The van der Waals surface area contributed by atoms with E-state index in [9.17, 15) is 18.0 Å². The number of carbonyl (C=O) groups is 2. The average molecular weight is 460 g/mol. The number of carbonyl (C=O) groups excluding carboxylic acids is 2. The maximum Gasteiger partial charge on any atom is 0.311 e. The number of piperazine rings is 1. The van der Waals surface area contributed by atoms with Crippen molar-refractivity contribution in [1.82, 2.24) is 14.2 Å². The van der Waals surface area contributed by atoms with Gasteiger partial charge in [0, 0.05) is 32.4 Å². The Hall–Kier alpha value is -2.78. The van der Waals surface area contributed by atoms with E-state index in [-0.39, 0.29) is 50.0 Å². The molecule has 1 aromatic carbocycles. The predicted octanol–water partition coefficient (Wildman–Crippen LogP) is 2.46. The van der Waals surface area contributed by atoms with Crippen LogP contribution in [0.2, 0.25) is 0 Å². The van der Waals surface area contributed by atoms with Gasteiger partial charge in [-0.1, -0.05) is 26.0 Å². The first-order chi connectivity index (χ1) is 15.2. The van der Waals surface area contributed by atoms with Crippen molar-refractivity contribution in [2.45, 2.75) is 38.0 Å². The van der Waals surface area contributed by atoms with Crippen molar-refractivity contribution in [3.63, 3.8) is 0 Å². The topological polar surface area (TPSA) is 96.9 Å². The fraction of sp³-hybridized carbons (Fsp3) is 0.435. The van der Waals surface area contributed by atoms with Gasteiger partial charge in [-0.05, 0) is 42.7 Å². The van der Waals surface area contributed by atoms with Crippen LogP contribution < -0.4 is 0 Å². The number of hydrogen-bond donors (Lipinski definition) is 0. The van der Waals surface area contributed by atoms with Crippen molar-refractivity contribution in [3.05, 3.63) is 59.4 Å². The zero-order valence-corrected chi connectivity index (χ0v) is 19.5. The van der Waals surface area contributed by atoms with Crippen molar-refractivity contribution in [2.24, 2.45) is 0 Å². The van der Waals surface area contributed by atoms with Crippen LogP contribution in [0.5, 0.6) is 0 Å². The van der Waals surface area contributed by atoms with Crippen molar-refractivity contribution < 1.29 is 22.7 Å². The Labute approximate surface area is 189 Å². The first-order valence-corrected chi connectivity index (χ1v) is 12.2. The molecule has 3 rings (SSSR count). The Balaban J connectivity index is 1.68. The lowest BCUT2D eigenvalue weighted by molar-refractivity contribution is -0.142. The van der Waals surface area contributed by atoms with E-state index in [0.29, 0.717) is 17.2 Å². The van der Waals surface area contributed by atoms with Crippen LogP contribution in [0, 0.1) is 0 Å². The Morgan fingerprint density at radius 1 is 1.06 bits per heavy atom. The Kier molecular flexibility index (Phi) is 7.63. The van der Waals surface area contributed by atoms with Gasteiger partial charge in [0.1, 0.15) is 0 Å². The van der Waals surface area contributed by atoms with Crippen molar-refractivity contribution in [2.75, 3.05) is 32.8 Å². The first kappa shape index (κ1) is 23.9. The quantitative estimate of drug-likeness (QED) is 0.590. The van der Waals surface area contributed by atoms with E-state index in [1.54, 1.807) is 36.1 Å². The normalized spacial score (nSPS) is 15.1. The molecule has 1 aliphatic heterocycles. The van der Waals surface area contributed by atoms with Gasteiger partial charge in [0.15, 0.2) is 0 Å². The molecule has 0 radical (unpaired) electrons. The average Bonchev–Trinajstić information content (AvgIpc) is 2.79. The summed E-state index contributed by atoms with van der Waals surface area (Å²) in [5.41, 5.74) is 1.77. The molecule has 1 aliphatic rings. The second-order valence-corrected chi connectivity index (χ2v) is 9.84. The van der Waals surface area contributed by atoms with Crippen molar-refractivity contribution in [1.29, 1.82) is 0 Å². The molecule has 8 nitrogen and oxygen atoms in total. The fourth-order valence-electron chi connectivity index (χ4n) is 3.60. The van der Waals surface area contributed by atoms with E-state index in [4.69, 9.17) is 4.74 Å². The molecule has 1 fully saturated rings. The van der Waals surface area contributed by atoms with Crippen molar-refractivity contribution in [3.8, 4) is 0 Å². The van der Waals surface area contributed by atoms with E-state index >= 15 is 0 Å². The molecule has 2 aromatic rings. The third-order valence-electron chi connectivity index (χ3n) is 5.45. The van der Waals surface area contributed by atoms with Crippen LogP contribution in [0.15, 0.2) is 47.5 Å². The molecule has 1 aromatic heterocycles. The summed E-state index contributed by atoms with van der Waals surface area (Å²) in [6.45, 7) is 7.01. The van der Waals surface area contributed by atoms with E-state index in [0.717, 1.165) is 5.56 Å². The van der Waals surface area contributed by atoms with Gasteiger partial charge >= 0.3 is 5.97 Å². The summed E-state index contributed by atoms with van der Waals surface area (Å²) in [6, 6.07) is 10.2. The lowest BCUT2D eigenvalue weighted by Crippen LogP contribution is -2.50. The monoisotopic (exact) mass is 459 g/mol. The molecular weight excluding hydrogens is 430 g/mol. The summed E-state index contributed by atoms with van der Waals surface area (Å²) < 4.78 is 32.4. The minimum atomic E-state index is -3.63. The number of ether oxygens (including phenoxy) is 1. The zero-order chi connectivity index (χ0) is 23.3. The number of pyridine rings is 1. The standard InChI is InChI=1S/C23H29N3O5S/c1-4-31-22(27)16-21-20(6-5-11-24-21)23(28)25-12-14-26(15-13-25)32(29,30)19-9-7-18(8-10-19)17(2)3/h5-11,17H,4,12-16H2,1-3H3. The molecule has 0 N–H and O–H groups in total. The summed E-state index contributed by atoms with van der Waals surface area (Å²) in [5, 5.41) is 0. The summed E-state index contributed by atoms with van der Waals surface area (Å²) in [6.07, 6.45) is 1.44. The van der Waals surface area contributed by atoms with Crippen LogP contribution in [0.3, 0.4) is 0 Å². The van der Waals surface area contributed by atoms with Crippen LogP contribution in [-0.2, 0) is 26.0 Å². The minimum absolute atomic E-state index is 0.0868. The Morgan fingerprint density at radius 2 is 1.72 bits per heavy atom. The molecular formula is C23H29N3O5S. The molecule has 2 heterocycles. The Morgan fingerprint density at radius 3 is 2.31 bits per heavy atom. The van der Waals surface area contributed by atoms with Gasteiger partial charge in [-0.25, -0.2) is 8.42 Å². The molecule has 0 bridgehead atoms. The molecule has 1 saturated heterocycles. The number of amides is 1. The fourth-order valence-corrected chi connectivity index (χ4v) is 5.02. The third kappa shape index (κ3) is 5.34. The van der Waals surface area contributed by atoms with Gasteiger partial charge in [0.05, 0.1) is 29.2 Å². The van der Waals surface area contributed by atoms with E-state index < -0.39 is 16.0 Å². The van der Waals surface area contributed by atoms with Crippen LogP contribution in [0.4, 0.5) is 0 Å². The maximum absolute atomic E-state index is 13.1. The molecule has 0 spiro atoms. The molecule has 0 saturated carbocycles. The van der Waals surface area contributed by atoms with Crippen molar-refractivity contribution >= 4 is 21.9 Å². The highest BCUT2D eigenvalue weighted by molar-refractivity contribution is 7.89. The second kappa shape index (κ2) is 10.2. The minimum Gasteiger partial charge on any atom is -0.466 e. The molecule has 9 heteroatoms. The lowest BCUT2D eigenvalue weighted by atomic mass is 10.0. The molecule has 0 atom stereocenters. The molecule has 0 aliphatic carbocycles. The number of rotatable bonds is 7. The maximum atomic E-state index is 13.1. The van der Waals surface area contributed by atoms with Gasteiger partial charge in [0.25, 0.3) is 5.91 Å². The van der Waals surface area contributed by atoms with E-state index in [1.807, 2.05) is 12.1 Å². The van der Waals surface area contributed by atoms with Crippen LogP contribution in [0.1, 0.15) is 48.3 Å². The SMILES string of the molecule is CCOC(=O)Cc1ncccc1C(=O)N1CCN(S(=O)(=O)c2ccc(C(C)C)cc2)CC1. The largest absolute Gasteiger partial charge is 0.466 e. The lowest BCUT2D eigenvalue weighted by Gasteiger charge is -2.34. The van der Waals surface area contributed by atoms with Gasteiger partial charge < -0.3 is 9.64 Å². The highest BCUT2D eigenvalue weighted by Gasteiger charge is 2.31. The second-order valence-electron chi connectivity index (χ2n) is 7.90. The first-order valence-electron chi connectivity index (χ1n) is 10.7. The smallest absolute Gasteiger partial charge is 0.311 e. The number of aromatic nitrogens is 1. The molecule has 172 valence electrons. The number of hydrogen-bond acceptors (Lipinski definition) is 6. The van der Waals surface area contributed by atoms with Gasteiger partial charge in [0.2, 0.25) is 10.0 Å². The third-order valence-corrected chi connectivity index (χ3v) is 7.36. The van der Waals surface area contributed by atoms with Crippen LogP contribution >= 0.6 is 0 Å². The number of benzene rings is 1. The molecule has 1 amide bonds. The summed E-state index contributed by atoms with van der Waals surface area (Å²) >= 11 is 0. The van der Waals surface area contributed by atoms with Gasteiger partial charge in [-0.15, -0.1) is 0 Å². The molecule has 32 heavy (non-hydrogen) atoms. The van der Waals surface area contributed by atoms with Gasteiger partial charge in [-0.2, -0.15) is 4.31 Å². The number of nitrogens with zero attached hydrogens (tertiary/aromatic N) is 3. The molecule has 0 unspecified atom stereocenters. The van der Waals surface area contributed by atoms with Gasteiger partial charge in [-0.3, -0.25) is 14.6 Å². The zero-order valence-electron chi connectivity index (χ0n) is 18.7.